The fourth-order valence-electron chi connectivity index (χ4n) is 2.23. The van der Waals surface area contributed by atoms with Crippen LogP contribution in [0.2, 0.25) is 0 Å². The molecule has 0 fully saturated rings. The average Bonchev–Trinajstić information content (AvgIpc) is 2.20. The first-order valence-corrected chi connectivity index (χ1v) is 6.14. The van der Waals surface area contributed by atoms with E-state index in [1.54, 1.807) is 5.56 Å². The molecule has 1 aromatic rings. The van der Waals surface area contributed by atoms with E-state index < -0.39 is 0 Å². The van der Waals surface area contributed by atoms with E-state index in [0.29, 0.717) is 0 Å². The van der Waals surface area contributed by atoms with Gasteiger partial charge in [-0.2, -0.15) is 0 Å². The molecule has 0 heterocycles. The monoisotopic (exact) mass is 204 g/mol. The van der Waals surface area contributed by atoms with Crippen molar-refractivity contribution in [3.8, 4) is 0 Å². The second-order valence-electron chi connectivity index (χ2n) is 4.70. The molecule has 84 valence electrons. The Morgan fingerprint density at radius 3 is 1.87 bits per heavy atom. The quantitative estimate of drug-likeness (QED) is 0.626. The molecule has 0 aliphatic heterocycles. The van der Waals surface area contributed by atoms with Gasteiger partial charge in [0, 0.05) is 0 Å². The zero-order valence-electron chi connectivity index (χ0n) is 10.9. The smallest absolute Gasteiger partial charge is 0.0273 e. The number of hydrogen-bond acceptors (Lipinski definition) is 0. The van der Waals surface area contributed by atoms with Crippen molar-refractivity contribution >= 4 is 0 Å². The molecule has 0 aromatic heterocycles. The minimum atomic E-state index is 1.26. The Labute approximate surface area is 94.7 Å². The third-order valence-corrected chi connectivity index (χ3v) is 3.55. The second kappa shape index (κ2) is 5.34. The summed E-state index contributed by atoms with van der Waals surface area (Å²) in [5.41, 5.74) is 7.51. The van der Waals surface area contributed by atoms with Gasteiger partial charge in [0.15, 0.2) is 0 Å². The zero-order valence-corrected chi connectivity index (χ0v) is 10.9. The largest absolute Gasteiger partial charge is 0.0654 e. The van der Waals surface area contributed by atoms with Gasteiger partial charge in [0.25, 0.3) is 0 Å². The van der Waals surface area contributed by atoms with E-state index in [-0.39, 0.29) is 0 Å². The highest BCUT2D eigenvalue weighted by molar-refractivity contribution is 5.43. The first-order valence-electron chi connectivity index (χ1n) is 6.14. The normalized spacial score (nSPS) is 10.7. The van der Waals surface area contributed by atoms with Crippen molar-refractivity contribution in [2.24, 2.45) is 0 Å². The molecule has 0 saturated heterocycles. The molecule has 0 amide bonds. The number of hydrogen-bond donors (Lipinski definition) is 0. The second-order valence-corrected chi connectivity index (χ2v) is 4.70. The van der Waals surface area contributed by atoms with E-state index >= 15 is 0 Å². The highest BCUT2D eigenvalue weighted by atomic mass is 14.1. The summed E-state index contributed by atoms with van der Waals surface area (Å²) in [5, 5.41) is 0. The fraction of sp³-hybridized carbons (Fsp3) is 0.600. The van der Waals surface area contributed by atoms with Gasteiger partial charge in [-0.15, -0.1) is 0 Å². The molecule has 15 heavy (non-hydrogen) atoms. The van der Waals surface area contributed by atoms with Crippen LogP contribution in [0.4, 0.5) is 0 Å². The highest BCUT2D eigenvalue weighted by Crippen LogP contribution is 2.23. The number of benzene rings is 1. The van der Waals surface area contributed by atoms with Crippen LogP contribution in [0.15, 0.2) is 6.07 Å². The van der Waals surface area contributed by atoms with E-state index in [9.17, 15) is 0 Å². The molecule has 0 atom stereocenters. The molecule has 0 aliphatic rings. The molecule has 0 saturated carbocycles. The summed E-state index contributed by atoms with van der Waals surface area (Å²) in [6, 6.07) is 2.31. The fourth-order valence-corrected chi connectivity index (χ4v) is 2.23. The van der Waals surface area contributed by atoms with Gasteiger partial charge in [-0.1, -0.05) is 25.8 Å². The van der Waals surface area contributed by atoms with Crippen molar-refractivity contribution in [3.63, 3.8) is 0 Å². The Balaban J connectivity index is 2.94. The predicted octanol–water partition coefficient (Wildman–Crippen LogP) is 4.65. The Hall–Kier alpha value is -0.780. The van der Waals surface area contributed by atoms with Crippen LogP contribution >= 0.6 is 0 Å². The third kappa shape index (κ3) is 2.84. The molecule has 0 aliphatic carbocycles. The standard InChI is InChI=1S/C15H24/c1-6-7-8-9-15-13(4)11(2)10-12(3)14(15)5/h10H,6-9H2,1-5H3. The molecule has 0 N–H and O–H groups in total. The number of unbranched alkanes of at least 4 members (excludes halogenated alkanes) is 2. The van der Waals surface area contributed by atoms with E-state index in [0.717, 1.165) is 0 Å². The first kappa shape index (κ1) is 12.3. The number of aryl methyl sites for hydroxylation is 2. The van der Waals surface area contributed by atoms with E-state index in [1.165, 1.54) is 47.9 Å². The molecular weight excluding hydrogens is 180 g/mol. The van der Waals surface area contributed by atoms with Gasteiger partial charge in [0.2, 0.25) is 0 Å². The van der Waals surface area contributed by atoms with Crippen LogP contribution in [-0.4, -0.2) is 0 Å². The summed E-state index contributed by atoms with van der Waals surface area (Å²) in [5.74, 6) is 0. The predicted molar refractivity (Wildman–Crippen MR) is 68.6 cm³/mol. The van der Waals surface area contributed by atoms with E-state index in [4.69, 9.17) is 0 Å². The maximum Gasteiger partial charge on any atom is -0.0273 e. The molecule has 1 rings (SSSR count). The van der Waals surface area contributed by atoms with E-state index in [1.807, 2.05) is 0 Å². The van der Waals surface area contributed by atoms with Gasteiger partial charge in [-0.25, -0.2) is 0 Å². The molecule has 0 heteroatoms. The van der Waals surface area contributed by atoms with Crippen molar-refractivity contribution in [1.29, 1.82) is 0 Å². The number of rotatable bonds is 4. The summed E-state index contributed by atoms with van der Waals surface area (Å²) >= 11 is 0. The average molecular weight is 204 g/mol. The summed E-state index contributed by atoms with van der Waals surface area (Å²) in [4.78, 5) is 0. The van der Waals surface area contributed by atoms with Crippen LogP contribution in [0.3, 0.4) is 0 Å². The van der Waals surface area contributed by atoms with Crippen LogP contribution in [0.25, 0.3) is 0 Å². The van der Waals surface area contributed by atoms with Crippen LogP contribution < -0.4 is 0 Å². The van der Waals surface area contributed by atoms with Crippen molar-refractivity contribution in [2.75, 3.05) is 0 Å². The lowest BCUT2D eigenvalue weighted by atomic mass is 9.91. The van der Waals surface area contributed by atoms with Gasteiger partial charge < -0.3 is 0 Å². The van der Waals surface area contributed by atoms with Gasteiger partial charge >= 0.3 is 0 Å². The Bertz CT molecular complexity index is 308. The Morgan fingerprint density at radius 2 is 1.40 bits per heavy atom. The molecule has 0 nitrogen and oxygen atoms in total. The summed E-state index contributed by atoms with van der Waals surface area (Å²) in [6.07, 6.45) is 5.25. The molecule has 0 unspecified atom stereocenters. The lowest BCUT2D eigenvalue weighted by molar-refractivity contribution is 0.712. The van der Waals surface area contributed by atoms with Crippen LogP contribution in [-0.2, 0) is 6.42 Å². The van der Waals surface area contributed by atoms with Gasteiger partial charge in [-0.05, 0) is 68.4 Å². The van der Waals surface area contributed by atoms with Crippen LogP contribution in [0.1, 0.15) is 54.0 Å². The SMILES string of the molecule is CCCCCc1c(C)c(C)cc(C)c1C. The van der Waals surface area contributed by atoms with Crippen LogP contribution in [0.5, 0.6) is 0 Å². The van der Waals surface area contributed by atoms with E-state index in [2.05, 4.69) is 40.7 Å². The minimum absolute atomic E-state index is 1.26. The van der Waals surface area contributed by atoms with Crippen molar-refractivity contribution in [1.82, 2.24) is 0 Å². The molecule has 0 bridgehead atoms. The Morgan fingerprint density at radius 1 is 0.867 bits per heavy atom. The van der Waals surface area contributed by atoms with Crippen molar-refractivity contribution < 1.29 is 0 Å². The Kier molecular flexibility index (Phi) is 4.38. The maximum atomic E-state index is 2.31. The topological polar surface area (TPSA) is 0 Å². The highest BCUT2D eigenvalue weighted by Gasteiger charge is 2.07. The summed E-state index contributed by atoms with van der Waals surface area (Å²) in [6.45, 7) is 11.3. The first-order chi connectivity index (χ1) is 7.07. The lowest BCUT2D eigenvalue weighted by Gasteiger charge is -2.15. The lowest BCUT2D eigenvalue weighted by Crippen LogP contribution is -1.99. The maximum absolute atomic E-state index is 2.31. The zero-order chi connectivity index (χ0) is 11.4. The van der Waals surface area contributed by atoms with Gasteiger partial charge in [0.05, 0.1) is 0 Å². The molecule has 0 radical (unpaired) electrons. The summed E-state index contributed by atoms with van der Waals surface area (Å²) in [7, 11) is 0. The molecular formula is C15H24. The van der Waals surface area contributed by atoms with Gasteiger partial charge in [0.1, 0.15) is 0 Å². The van der Waals surface area contributed by atoms with Gasteiger partial charge in [-0.3, -0.25) is 0 Å². The molecule has 0 spiro atoms. The third-order valence-electron chi connectivity index (χ3n) is 3.55. The molecule has 1 aromatic carbocycles. The minimum Gasteiger partial charge on any atom is -0.0654 e. The van der Waals surface area contributed by atoms with Crippen molar-refractivity contribution in [3.05, 3.63) is 33.9 Å². The van der Waals surface area contributed by atoms with Crippen LogP contribution in [0, 0.1) is 27.7 Å². The summed E-state index contributed by atoms with van der Waals surface area (Å²) < 4.78 is 0. The van der Waals surface area contributed by atoms with Crippen molar-refractivity contribution in [2.45, 2.75) is 60.3 Å².